The van der Waals surface area contributed by atoms with Gasteiger partial charge in [-0.15, -0.1) is 0 Å². The average molecular weight is 408 g/mol. The van der Waals surface area contributed by atoms with Gasteiger partial charge in [-0.25, -0.2) is 0 Å². The van der Waals surface area contributed by atoms with Crippen LogP contribution in [0.4, 0.5) is 5.69 Å². The van der Waals surface area contributed by atoms with Crippen LogP contribution in [-0.4, -0.2) is 16.6 Å². The molecule has 0 unspecified atom stereocenters. The molecule has 0 aliphatic carbocycles. The molecule has 1 aromatic heterocycles. The Hall–Kier alpha value is -3.56. The lowest BCUT2D eigenvalue weighted by Gasteiger charge is -2.14. The minimum Gasteiger partial charge on any atom is -0.495 e. The minimum atomic E-state index is -0.476. The number of ether oxygens (including phenoxy) is 1. The Kier molecular flexibility index (Phi) is 5.71. The van der Waals surface area contributed by atoms with Crippen LogP contribution in [0.5, 0.6) is 5.75 Å². The van der Waals surface area contributed by atoms with Gasteiger partial charge in [0.15, 0.2) is 0 Å². The van der Waals surface area contributed by atoms with E-state index in [9.17, 15) is 15.4 Å². The van der Waals surface area contributed by atoms with Gasteiger partial charge < -0.3 is 9.30 Å². The Morgan fingerprint density at radius 1 is 1.24 bits per heavy atom. The molecule has 0 bridgehead atoms. The molecule has 146 valence electrons. The number of hydrogen-bond acceptors (Lipinski definition) is 4. The number of nitriles is 1. The number of allylic oxidation sites excluding steroid dienone is 1. The smallest absolute Gasteiger partial charge is 0.270 e. The van der Waals surface area contributed by atoms with Gasteiger partial charge in [-0.2, -0.15) is 5.26 Å². The Morgan fingerprint density at radius 3 is 2.66 bits per heavy atom. The van der Waals surface area contributed by atoms with E-state index in [1.54, 1.807) is 37.5 Å². The van der Waals surface area contributed by atoms with Crippen molar-refractivity contribution >= 4 is 28.9 Å². The number of benzene rings is 2. The summed E-state index contributed by atoms with van der Waals surface area (Å²) in [6, 6.07) is 15.5. The monoisotopic (exact) mass is 407 g/mol. The Labute approximate surface area is 173 Å². The molecule has 0 radical (unpaired) electrons. The molecule has 0 fully saturated rings. The van der Waals surface area contributed by atoms with Gasteiger partial charge in [0, 0.05) is 28.5 Å². The molecule has 6 nitrogen and oxygen atoms in total. The fourth-order valence-electron chi connectivity index (χ4n) is 3.26. The first-order valence-corrected chi connectivity index (χ1v) is 9.13. The van der Waals surface area contributed by atoms with Crippen molar-refractivity contribution in [1.29, 1.82) is 5.26 Å². The summed E-state index contributed by atoms with van der Waals surface area (Å²) in [7, 11) is 1.60. The molecule has 0 N–H and O–H groups in total. The zero-order valence-corrected chi connectivity index (χ0v) is 16.9. The van der Waals surface area contributed by atoms with Crippen molar-refractivity contribution in [3.63, 3.8) is 0 Å². The number of aryl methyl sites for hydroxylation is 1. The minimum absolute atomic E-state index is 0.0576. The lowest BCUT2D eigenvalue weighted by atomic mass is 10.0. The van der Waals surface area contributed by atoms with Gasteiger partial charge in [0.25, 0.3) is 5.69 Å². The molecule has 0 saturated carbocycles. The van der Waals surface area contributed by atoms with E-state index in [2.05, 4.69) is 6.07 Å². The largest absolute Gasteiger partial charge is 0.495 e. The van der Waals surface area contributed by atoms with Crippen LogP contribution in [0.1, 0.15) is 22.5 Å². The van der Waals surface area contributed by atoms with Crippen molar-refractivity contribution in [2.75, 3.05) is 7.11 Å². The third-order valence-electron chi connectivity index (χ3n) is 4.64. The average Bonchev–Trinajstić information content (AvgIpc) is 2.99. The van der Waals surface area contributed by atoms with E-state index < -0.39 is 4.92 Å². The first-order valence-electron chi connectivity index (χ1n) is 8.75. The molecule has 0 spiro atoms. The van der Waals surface area contributed by atoms with Gasteiger partial charge in [0.05, 0.1) is 29.4 Å². The molecule has 0 aliphatic heterocycles. The number of nitrogens with zero attached hydrogens (tertiary/aromatic N) is 3. The predicted molar refractivity (Wildman–Crippen MR) is 113 cm³/mol. The summed E-state index contributed by atoms with van der Waals surface area (Å²) >= 11 is 6.18. The van der Waals surface area contributed by atoms with Crippen molar-refractivity contribution in [1.82, 2.24) is 4.57 Å². The summed E-state index contributed by atoms with van der Waals surface area (Å²) in [6.07, 6.45) is 1.73. The van der Waals surface area contributed by atoms with Crippen LogP contribution in [0.3, 0.4) is 0 Å². The normalized spacial score (nSPS) is 11.2. The van der Waals surface area contributed by atoms with Crippen molar-refractivity contribution < 1.29 is 9.66 Å². The Balaban J connectivity index is 2.13. The van der Waals surface area contributed by atoms with Gasteiger partial charge in [0.1, 0.15) is 5.75 Å². The van der Waals surface area contributed by atoms with Gasteiger partial charge in [-0.1, -0.05) is 23.7 Å². The van der Waals surface area contributed by atoms with Crippen molar-refractivity contribution in [2.24, 2.45) is 0 Å². The van der Waals surface area contributed by atoms with E-state index in [4.69, 9.17) is 16.3 Å². The molecule has 2 aromatic carbocycles. The molecule has 29 heavy (non-hydrogen) atoms. The standard InChI is InChI=1S/C22H18ClN3O3/c1-14-9-17(10-18(13-24)16-5-4-6-20(11-16)26(27)28)15(2)25(14)21-12-19(23)7-8-22(21)29-3/h4-12H,1-3H3/b18-10-. The maximum absolute atomic E-state index is 11.0. The molecular formula is C22H18ClN3O3. The molecule has 3 rings (SSSR count). The number of hydrogen-bond donors (Lipinski definition) is 0. The summed E-state index contributed by atoms with van der Waals surface area (Å²) in [5.74, 6) is 0.672. The molecule has 0 atom stereocenters. The highest BCUT2D eigenvalue weighted by molar-refractivity contribution is 6.30. The van der Waals surface area contributed by atoms with Crippen LogP contribution in [0, 0.1) is 35.3 Å². The highest BCUT2D eigenvalue weighted by Crippen LogP contribution is 2.32. The van der Waals surface area contributed by atoms with E-state index in [-0.39, 0.29) is 5.69 Å². The summed E-state index contributed by atoms with van der Waals surface area (Å²) in [5, 5.41) is 21.3. The molecule has 3 aromatic rings. The van der Waals surface area contributed by atoms with Crippen LogP contribution in [-0.2, 0) is 0 Å². The number of halogens is 1. The van der Waals surface area contributed by atoms with Crippen LogP contribution in [0.2, 0.25) is 5.02 Å². The first kappa shape index (κ1) is 20.2. The highest BCUT2D eigenvalue weighted by Gasteiger charge is 2.15. The van der Waals surface area contributed by atoms with Crippen molar-refractivity contribution in [3.05, 3.63) is 86.2 Å². The van der Waals surface area contributed by atoms with Gasteiger partial charge >= 0.3 is 0 Å². The third kappa shape index (κ3) is 4.00. The molecule has 0 amide bonds. The molecule has 7 heteroatoms. The van der Waals surface area contributed by atoms with Gasteiger partial charge in [0.2, 0.25) is 0 Å². The lowest BCUT2D eigenvalue weighted by molar-refractivity contribution is -0.384. The van der Waals surface area contributed by atoms with Gasteiger partial charge in [-0.3, -0.25) is 10.1 Å². The van der Waals surface area contributed by atoms with Crippen molar-refractivity contribution in [2.45, 2.75) is 13.8 Å². The Bertz CT molecular complexity index is 1170. The fraction of sp³-hybridized carbons (Fsp3) is 0.136. The van der Waals surface area contributed by atoms with E-state index in [1.807, 2.05) is 30.5 Å². The summed E-state index contributed by atoms with van der Waals surface area (Å²) in [6.45, 7) is 3.88. The topological polar surface area (TPSA) is 81.1 Å². The highest BCUT2D eigenvalue weighted by atomic mass is 35.5. The first-order chi connectivity index (χ1) is 13.8. The predicted octanol–water partition coefficient (Wildman–Crippen LogP) is 5.73. The molecule has 0 saturated heterocycles. The van der Waals surface area contributed by atoms with Crippen molar-refractivity contribution in [3.8, 4) is 17.5 Å². The second kappa shape index (κ2) is 8.21. The van der Waals surface area contributed by atoms with E-state index in [0.29, 0.717) is 21.9 Å². The maximum atomic E-state index is 11.0. The zero-order chi connectivity index (χ0) is 21.1. The third-order valence-corrected chi connectivity index (χ3v) is 4.88. The SMILES string of the molecule is COc1ccc(Cl)cc1-n1c(C)cc(/C=C(/C#N)c2cccc([N+](=O)[O-])c2)c1C. The number of rotatable bonds is 5. The van der Waals surface area contributed by atoms with Crippen LogP contribution < -0.4 is 4.74 Å². The second-order valence-electron chi connectivity index (χ2n) is 6.46. The summed E-state index contributed by atoms with van der Waals surface area (Å²) < 4.78 is 7.47. The summed E-state index contributed by atoms with van der Waals surface area (Å²) in [4.78, 5) is 10.6. The zero-order valence-electron chi connectivity index (χ0n) is 16.1. The number of nitro groups is 1. The Morgan fingerprint density at radius 2 is 2.00 bits per heavy atom. The van der Waals surface area contributed by atoms with E-state index in [0.717, 1.165) is 22.6 Å². The van der Waals surface area contributed by atoms with Gasteiger partial charge in [-0.05, 0) is 55.3 Å². The van der Waals surface area contributed by atoms with Crippen LogP contribution in [0.25, 0.3) is 17.3 Å². The maximum Gasteiger partial charge on any atom is 0.270 e. The number of nitro benzene ring substituents is 1. The van der Waals surface area contributed by atoms with Crippen LogP contribution >= 0.6 is 11.6 Å². The molecule has 1 heterocycles. The number of aromatic nitrogens is 1. The van der Waals surface area contributed by atoms with E-state index in [1.165, 1.54) is 12.1 Å². The summed E-state index contributed by atoms with van der Waals surface area (Å²) in [5.41, 5.74) is 4.22. The van der Waals surface area contributed by atoms with E-state index >= 15 is 0 Å². The van der Waals surface area contributed by atoms with Crippen LogP contribution in [0.15, 0.2) is 48.5 Å². The lowest BCUT2D eigenvalue weighted by Crippen LogP contribution is -2.02. The number of non-ortho nitro benzene ring substituents is 1. The number of methoxy groups -OCH3 is 1. The fourth-order valence-corrected chi connectivity index (χ4v) is 3.43. The molecular weight excluding hydrogens is 390 g/mol. The quantitative estimate of drug-likeness (QED) is 0.307. The second-order valence-corrected chi connectivity index (χ2v) is 6.89. The molecule has 0 aliphatic rings.